The number of nitrogens with zero attached hydrogens (tertiary/aromatic N) is 2. The van der Waals surface area contributed by atoms with Crippen molar-refractivity contribution in [3.63, 3.8) is 0 Å². The van der Waals surface area contributed by atoms with Gasteiger partial charge < -0.3 is 4.42 Å². The lowest BCUT2D eigenvalue weighted by Crippen LogP contribution is -2.13. The Morgan fingerprint density at radius 1 is 1.31 bits per heavy atom. The van der Waals surface area contributed by atoms with E-state index in [1.54, 1.807) is 24.5 Å². The highest BCUT2D eigenvalue weighted by molar-refractivity contribution is 6.32. The van der Waals surface area contributed by atoms with E-state index in [4.69, 9.17) is 16.0 Å². The normalized spacial score (nSPS) is 16.1. The number of hydrogen-bond donors (Lipinski definition) is 0. The highest BCUT2D eigenvalue weighted by Crippen LogP contribution is 2.24. The van der Waals surface area contributed by atoms with Crippen molar-refractivity contribution in [2.75, 3.05) is 6.54 Å². The molecule has 0 aliphatic carbocycles. The Balaban J connectivity index is 1.83. The lowest BCUT2D eigenvalue weighted by Gasteiger charge is -2.16. The van der Waals surface area contributed by atoms with E-state index in [0.29, 0.717) is 21.6 Å². The Hall–Kier alpha value is -2.72. The molecule has 26 heavy (non-hydrogen) atoms. The molecule has 2 aromatic heterocycles. The molecule has 4 nitrogen and oxygen atoms in total. The molecule has 3 aromatic rings. The summed E-state index contributed by atoms with van der Waals surface area (Å²) in [6.45, 7) is 2.66. The maximum absolute atomic E-state index is 12.9. The number of aromatic nitrogens is 1. The topological polar surface area (TPSA) is 55.5 Å². The molecule has 0 spiro atoms. The zero-order valence-electron chi connectivity index (χ0n) is 14.3. The predicted octanol–water partition coefficient (Wildman–Crippen LogP) is 4.82. The van der Waals surface area contributed by atoms with Gasteiger partial charge in [0.1, 0.15) is 11.8 Å². The Bertz CT molecular complexity index is 1100. The molecule has 0 atom stereocenters. The Kier molecular flexibility index (Phi) is 4.43. The van der Waals surface area contributed by atoms with Crippen molar-refractivity contribution in [3.05, 3.63) is 80.4 Å². The second-order valence-electron chi connectivity index (χ2n) is 6.36. The van der Waals surface area contributed by atoms with Crippen molar-refractivity contribution in [1.82, 2.24) is 4.98 Å². The maximum Gasteiger partial charge on any atom is 0.199 e. The van der Waals surface area contributed by atoms with E-state index in [9.17, 15) is 4.79 Å². The van der Waals surface area contributed by atoms with E-state index in [1.807, 2.05) is 25.1 Å². The zero-order chi connectivity index (χ0) is 18.1. The summed E-state index contributed by atoms with van der Waals surface area (Å²) in [7, 11) is 0. The van der Waals surface area contributed by atoms with Crippen LogP contribution in [0.3, 0.4) is 0 Å². The number of rotatable bonds is 2. The van der Waals surface area contributed by atoms with Crippen LogP contribution in [0.25, 0.3) is 17.0 Å². The number of fused-ring (bicyclic) bond motifs is 1. The summed E-state index contributed by atoms with van der Waals surface area (Å²) in [4.78, 5) is 21.7. The fraction of sp³-hybridized carbons (Fsp3) is 0.190. The van der Waals surface area contributed by atoms with Crippen LogP contribution in [0.4, 0.5) is 0 Å². The van der Waals surface area contributed by atoms with Crippen molar-refractivity contribution in [2.45, 2.75) is 19.8 Å². The number of allylic oxidation sites excluding steroid dienone is 1. The number of aryl methyl sites for hydroxylation is 1. The highest BCUT2D eigenvalue weighted by atomic mass is 35.5. The second kappa shape index (κ2) is 6.89. The molecule has 0 bridgehead atoms. The van der Waals surface area contributed by atoms with E-state index in [1.165, 1.54) is 6.26 Å². The monoisotopic (exact) mass is 364 g/mol. The summed E-state index contributed by atoms with van der Waals surface area (Å²) in [5.41, 5.74) is 4.70. The minimum atomic E-state index is -0.0605. The van der Waals surface area contributed by atoms with Crippen molar-refractivity contribution < 1.29 is 4.42 Å². The van der Waals surface area contributed by atoms with Crippen LogP contribution in [0.2, 0.25) is 5.02 Å². The fourth-order valence-corrected chi connectivity index (χ4v) is 3.32. The molecule has 3 heterocycles. The standard InChI is InChI=1S/C21H17ClN2O2/c1-13-8-17-19(10-18(13)22)26-12-16(21(17)25)9-14-4-3-7-24-20(14)15-5-2-6-23-11-15/h2,5-6,8-12H,3-4,7H2,1H3/b14-9+. The summed E-state index contributed by atoms with van der Waals surface area (Å²) in [6.07, 6.45) is 8.75. The molecule has 4 rings (SSSR count). The Morgan fingerprint density at radius 2 is 2.19 bits per heavy atom. The molecule has 1 aromatic carbocycles. The van der Waals surface area contributed by atoms with Crippen LogP contribution in [-0.2, 0) is 0 Å². The highest BCUT2D eigenvalue weighted by Gasteiger charge is 2.16. The maximum atomic E-state index is 12.9. The molecule has 1 aliphatic rings. The zero-order valence-corrected chi connectivity index (χ0v) is 15.1. The molecule has 0 saturated carbocycles. The van der Waals surface area contributed by atoms with Gasteiger partial charge in [-0.1, -0.05) is 11.6 Å². The number of aliphatic imine (C=N–C) groups is 1. The van der Waals surface area contributed by atoms with Gasteiger partial charge in [-0.05, 0) is 55.2 Å². The second-order valence-corrected chi connectivity index (χ2v) is 6.77. The van der Waals surface area contributed by atoms with Crippen molar-refractivity contribution in [1.29, 1.82) is 0 Å². The van der Waals surface area contributed by atoms with Gasteiger partial charge in [-0.3, -0.25) is 14.8 Å². The summed E-state index contributed by atoms with van der Waals surface area (Å²) in [5, 5.41) is 1.13. The van der Waals surface area contributed by atoms with Gasteiger partial charge in [0, 0.05) is 35.6 Å². The summed E-state index contributed by atoms with van der Waals surface area (Å²) < 4.78 is 5.66. The number of hydrogen-bond acceptors (Lipinski definition) is 4. The molecule has 0 amide bonds. The van der Waals surface area contributed by atoms with Crippen LogP contribution in [0.1, 0.15) is 29.5 Å². The number of halogens is 1. The van der Waals surface area contributed by atoms with Gasteiger partial charge in [0.05, 0.1) is 16.7 Å². The van der Waals surface area contributed by atoms with Gasteiger partial charge in [-0.25, -0.2) is 0 Å². The van der Waals surface area contributed by atoms with Crippen LogP contribution < -0.4 is 5.43 Å². The first kappa shape index (κ1) is 16.7. The van der Waals surface area contributed by atoms with Crippen molar-refractivity contribution in [3.8, 4) is 0 Å². The van der Waals surface area contributed by atoms with Crippen LogP contribution >= 0.6 is 11.6 Å². The third kappa shape index (κ3) is 3.08. The first-order valence-corrected chi connectivity index (χ1v) is 8.89. The third-order valence-electron chi connectivity index (χ3n) is 4.52. The van der Waals surface area contributed by atoms with Crippen LogP contribution in [-0.4, -0.2) is 17.2 Å². The molecule has 0 radical (unpaired) electrons. The van der Waals surface area contributed by atoms with Crippen LogP contribution in [0, 0.1) is 6.92 Å². The summed E-state index contributed by atoms with van der Waals surface area (Å²) in [5.74, 6) is 0. The molecular weight excluding hydrogens is 348 g/mol. The van der Waals surface area contributed by atoms with Gasteiger partial charge in [-0.15, -0.1) is 0 Å². The molecule has 0 unspecified atom stereocenters. The quantitative estimate of drug-likeness (QED) is 0.655. The van der Waals surface area contributed by atoms with E-state index in [2.05, 4.69) is 9.98 Å². The lowest BCUT2D eigenvalue weighted by atomic mass is 9.95. The third-order valence-corrected chi connectivity index (χ3v) is 4.93. The Morgan fingerprint density at radius 3 is 3.00 bits per heavy atom. The molecule has 0 saturated heterocycles. The number of pyridine rings is 1. The first-order valence-electron chi connectivity index (χ1n) is 8.51. The average molecular weight is 365 g/mol. The minimum absolute atomic E-state index is 0.0605. The Labute approximate surface area is 155 Å². The van der Waals surface area contributed by atoms with Gasteiger partial charge in [-0.2, -0.15) is 0 Å². The van der Waals surface area contributed by atoms with Crippen molar-refractivity contribution >= 4 is 34.4 Å². The molecule has 130 valence electrons. The molecule has 1 aliphatic heterocycles. The fourth-order valence-electron chi connectivity index (χ4n) is 3.16. The van der Waals surface area contributed by atoms with Gasteiger partial charge in [0.25, 0.3) is 0 Å². The van der Waals surface area contributed by atoms with E-state index >= 15 is 0 Å². The lowest BCUT2D eigenvalue weighted by molar-refractivity contribution is 0.601. The van der Waals surface area contributed by atoms with Gasteiger partial charge in [0.15, 0.2) is 5.43 Å². The smallest absolute Gasteiger partial charge is 0.199 e. The van der Waals surface area contributed by atoms with Crippen LogP contribution in [0.15, 0.2) is 62.7 Å². The summed E-state index contributed by atoms with van der Waals surface area (Å²) in [6, 6.07) is 7.34. The van der Waals surface area contributed by atoms with Gasteiger partial charge in [0.2, 0.25) is 0 Å². The van der Waals surface area contributed by atoms with E-state index in [0.717, 1.165) is 41.8 Å². The summed E-state index contributed by atoms with van der Waals surface area (Å²) >= 11 is 6.13. The minimum Gasteiger partial charge on any atom is -0.463 e. The van der Waals surface area contributed by atoms with Gasteiger partial charge >= 0.3 is 0 Å². The average Bonchev–Trinajstić information content (AvgIpc) is 2.67. The number of benzene rings is 1. The molecule has 5 heteroatoms. The molecule has 0 fully saturated rings. The van der Waals surface area contributed by atoms with E-state index in [-0.39, 0.29) is 5.43 Å². The largest absolute Gasteiger partial charge is 0.463 e. The van der Waals surface area contributed by atoms with E-state index < -0.39 is 0 Å². The van der Waals surface area contributed by atoms with Crippen molar-refractivity contribution in [2.24, 2.45) is 4.99 Å². The SMILES string of the molecule is Cc1cc2c(=O)c(/C=C3\CCCN=C3c3cccnc3)coc2cc1Cl. The molecular formula is C21H17ClN2O2. The first-order chi connectivity index (χ1) is 12.6. The predicted molar refractivity (Wildman–Crippen MR) is 105 cm³/mol. The van der Waals surface area contributed by atoms with Crippen LogP contribution in [0.5, 0.6) is 0 Å². The molecule has 0 N–H and O–H groups in total.